The molecular weight excluding hydrogens is 514 g/mol. The monoisotopic (exact) mass is 537 g/mol. The summed E-state index contributed by atoms with van der Waals surface area (Å²) in [6, 6.07) is 24.6. The van der Waals surface area contributed by atoms with E-state index in [0.717, 1.165) is 16.3 Å². The number of amidine groups is 1. The lowest BCUT2D eigenvalue weighted by Gasteiger charge is -2.30. The molecule has 4 aromatic carbocycles. The summed E-state index contributed by atoms with van der Waals surface area (Å²) >= 11 is 0. The highest BCUT2D eigenvalue weighted by Crippen LogP contribution is 2.36. The summed E-state index contributed by atoms with van der Waals surface area (Å²) in [6.07, 6.45) is 1.61. The molecule has 0 spiro atoms. The van der Waals surface area contributed by atoms with Crippen LogP contribution >= 0.6 is 0 Å². The Morgan fingerprint density at radius 3 is 2.69 bits per heavy atom. The van der Waals surface area contributed by atoms with Crippen LogP contribution in [0.3, 0.4) is 0 Å². The highest BCUT2D eigenvalue weighted by atomic mass is 32.2. The van der Waals surface area contributed by atoms with Gasteiger partial charge in [0.1, 0.15) is 11.6 Å². The molecule has 1 aliphatic heterocycles. The van der Waals surface area contributed by atoms with Crippen molar-refractivity contribution in [2.45, 2.75) is 11.4 Å². The van der Waals surface area contributed by atoms with Crippen LogP contribution in [-0.2, 0) is 21.4 Å². The number of benzene rings is 4. The molecule has 0 radical (unpaired) electrons. The number of nitrogen functional groups attached to an aromatic ring is 1. The van der Waals surface area contributed by atoms with Gasteiger partial charge in [-0.05, 0) is 64.9 Å². The highest BCUT2D eigenvalue weighted by Gasteiger charge is 2.27. The van der Waals surface area contributed by atoms with E-state index in [1.165, 1.54) is 6.07 Å². The third-order valence-electron chi connectivity index (χ3n) is 6.61. The van der Waals surface area contributed by atoms with Gasteiger partial charge in [0.15, 0.2) is 6.61 Å². The van der Waals surface area contributed by atoms with E-state index >= 15 is 0 Å². The lowest BCUT2D eigenvalue weighted by atomic mass is 10.0. The predicted molar refractivity (Wildman–Crippen MR) is 151 cm³/mol. The minimum absolute atomic E-state index is 0.0110. The number of carbonyl (C=O) groups is 1. The van der Waals surface area contributed by atoms with Crippen LogP contribution in [0.5, 0.6) is 5.75 Å². The van der Waals surface area contributed by atoms with Crippen LogP contribution in [0.2, 0.25) is 0 Å². The largest absolute Gasteiger partial charge is 0.481 e. The molecule has 0 saturated heterocycles. The summed E-state index contributed by atoms with van der Waals surface area (Å²) in [7, 11) is -3.92. The van der Waals surface area contributed by atoms with Crippen LogP contribution in [0.25, 0.3) is 21.7 Å². The van der Waals surface area contributed by atoms with Crippen molar-refractivity contribution in [1.82, 2.24) is 4.98 Å². The molecule has 39 heavy (non-hydrogen) atoms. The first-order valence-corrected chi connectivity index (χ1v) is 13.6. The number of nitrogens with two attached hydrogens (primary N) is 1. The van der Waals surface area contributed by atoms with Crippen molar-refractivity contribution >= 4 is 54.8 Å². The molecular formula is C29H23N5O4S. The molecule has 0 saturated carbocycles. The first-order chi connectivity index (χ1) is 18.8. The van der Waals surface area contributed by atoms with Crippen molar-refractivity contribution in [3.05, 3.63) is 102 Å². The maximum atomic E-state index is 13.2. The van der Waals surface area contributed by atoms with Gasteiger partial charge >= 0.3 is 0 Å². The molecule has 0 fully saturated rings. The van der Waals surface area contributed by atoms with Crippen molar-refractivity contribution in [3.8, 4) is 5.75 Å². The number of sulfonamides is 1. The number of nitrogens with one attached hydrogen (secondary N) is 2. The maximum Gasteiger partial charge on any atom is 0.265 e. The maximum absolute atomic E-state index is 13.2. The number of aromatic nitrogens is 1. The summed E-state index contributed by atoms with van der Waals surface area (Å²) in [6.45, 7) is 0.129. The molecule has 6 rings (SSSR count). The van der Waals surface area contributed by atoms with Gasteiger partial charge in [-0.15, -0.1) is 0 Å². The lowest BCUT2D eigenvalue weighted by Crippen LogP contribution is -2.38. The molecule has 1 aliphatic rings. The van der Waals surface area contributed by atoms with Crippen LogP contribution in [0.4, 0.5) is 11.4 Å². The molecule has 0 aliphatic carbocycles. The second-order valence-corrected chi connectivity index (χ2v) is 10.8. The second-order valence-electron chi connectivity index (χ2n) is 9.19. The van der Waals surface area contributed by atoms with Gasteiger partial charge in [0.25, 0.3) is 15.9 Å². The number of anilines is 2. The van der Waals surface area contributed by atoms with E-state index < -0.39 is 10.0 Å². The third kappa shape index (κ3) is 4.62. The number of hydrogen-bond donors (Lipinski definition) is 3. The Labute approximate surface area is 224 Å². The number of nitrogens with zero attached hydrogens (tertiary/aromatic N) is 2. The fourth-order valence-electron chi connectivity index (χ4n) is 4.71. The zero-order chi connectivity index (χ0) is 27.1. The molecule has 0 unspecified atom stereocenters. The number of carbonyl (C=O) groups excluding carboxylic acids is 1. The van der Waals surface area contributed by atoms with Crippen molar-refractivity contribution in [2.24, 2.45) is 5.73 Å². The van der Waals surface area contributed by atoms with Crippen molar-refractivity contribution < 1.29 is 17.9 Å². The van der Waals surface area contributed by atoms with Crippen molar-refractivity contribution in [2.75, 3.05) is 16.2 Å². The van der Waals surface area contributed by atoms with E-state index in [1.807, 2.05) is 30.3 Å². The van der Waals surface area contributed by atoms with Crippen LogP contribution in [0.15, 0.2) is 96.0 Å². The van der Waals surface area contributed by atoms with Gasteiger partial charge in [-0.25, -0.2) is 8.42 Å². The minimum Gasteiger partial charge on any atom is -0.481 e. The number of pyridine rings is 1. The minimum atomic E-state index is -3.92. The quantitative estimate of drug-likeness (QED) is 0.217. The first kappa shape index (κ1) is 24.4. The molecule has 1 aromatic heterocycles. The van der Waals surface area contributed by atoms with Gasteiger partial charge in [0.05, 0.1) is 28.3 Å². The summed E-state index contributed by atoms with van der Waals surface area (Å²) < 4.78 is 34.8. The lowest BCUT2D eigenvalue weighted by molar-refractivity contribution is -0.121. The Hall–Kier alpha value is -4.96. The molecule has 10 heteroatoms. The number of rotatable bonds is 6. The molecule has 9 nitrogen and oxygen atoms in total. The van der Waals surface area contributed by atoms with Crippen LogP contribution in [0.1, 0.15) is 11.1 Å². The van der Waals surface area contributed by atoms with Gasteiger partial charge in [-0.2, -0.15) is 0 Å². The number of hydrogen-bond acceptors (Lipinski definition) is 6. The standard InChI is InChI=1S/C29H23N5O4S/c30-29(31)20-9-8-19-7-6-18(13-21(19)14-20)16-34-25-11-10-22(15-26(25)38-17-28(34)35)33-39(36,37)27-5-1-4-24-23(27)3-2-12-32-24/h1-15,33H,16-17H2,(H3,30,31). The number of ether oxygens (including phenoxy) is 1. The molecule has 4 N–H and O–H groups in total. The van der Waals surface area contributed by atoms with Gasteiger partial charge in [0, 0.05) is 23.2 Å². The van der Waals surface area contributed by atoms with E-state index in [0.29, 0.717) is 40.1 Å². The van der Waals surface area contributed by atoms with Gasteiger partial charge in [-0.3, -0.25) is 19.9 Å². The predicted octanol–water partition coefficient (Wildman–Crippen LogP) is 4.40. The fourth-order valence-corrected chi connectivity index (χ4v) is 5.97. The Bertz CT molecular complexity index is 1900. The van der Waals surface area contributed by atoms with Crippen LogP contribution in [-0.4, -0.2) is 31.8 Å². The van der Waals surface area contributed by atoms with E-state index in [1.54, 1.807) is 59.6 Å². The van der Waals surface area contributed by atoms with Crippen LogP contribution in [0, 0.1) is 5.41 Å². The average molecular weight is 538 g/mol. The second kappa shape index (κ2) is 9.41. The van der Waals surface area contributed by atoms with Gasteiger partial charge in [0.2, 0.25) is 0 Å². The van der Waals surface area contributed by atoms with E-state index in [-0.39, 0.29) is 23.2 Å². The molecule has 5 aromatic rings. The molecule has 1 amide bonds. The topological polar surface area (TPSA) is 138 Å². The Balaban J connectivity index is 1.29. The average Bonchev–Trinajstić information content (AvgIpc) is 2.93. The van der Waals surface area contributed by atoms with Crippen LogP contribution < -0.4 is 20.1 Å². The fraction of sp³-hybridized carbons (Fsp3) is 0.0690. The zero-order valence-electron chi connectivity index (χ0n) is 20.6. The summed E-state index contributed by atoms with van der Waals surface area (Å²) in [5, 5.41) is 10.1. The van der Waals surface area contributed by atoms with Gasteiger partial charge in [-0.1, -0.05) is 30.3 Å². The number of fused-ring (bicyclic) bond motifs is 3. The molecule has 0 bridgehead atoms. The van der Waals surface area contributed by atoms with Crippen molar-refractivity contribution in [3.63, 3.8) is 0 Å². The summed E-state index contributed by atoms with van der Waals surface area (Å²) in [4.78, 5) is 18.8. The SMILES string of the molecule is N=C(N)c1ccc2ccc(CN3C(=O)COc4cc(NS(=O)(=O)c5cccc6ncccc56)ccc43)cc2c1. The molecule has 2 heterocycles. The third-order valence-corrected chi connectivity index (χ3v) is 8.05. The Morgan fingerprint density at radius 2 is 1.85 bits per heavy atom. The Morgan fingerprint density at radius 1 is 1.00 bits per heavy atom. The zero-order valence-corrected chi connectivity index (χ0v) is 21.4. The normalized spacial score (nSPS) is 13.2. The highest BCUT2D eigenvalue weighted by molar-refractivity contribution is 7.93. The summed E-state index contributed by atoms with van der Waals surface area (Å²) in [5.74, 6) is 0.175. The first-order valence-electron chi connectivity index (χ1n) is 12.1. The summed E-state index contributed by atoms with van der Waals surface area (Å²) in [5.41, 5.74) is 8.59. The number of amides is 1. The van der Waals surface area contributed by atoms with E-state index in [2.05, 4.69) is 9.71 Å². The molecule has 0 atom stereocenters. The smallest absolute Gasteiger partial charge is 0.265 e. The van der Waals surface area contributed by atoms with E-state index in [9.17, 15) is 13.2 Å². The Kier molecular flexibility index (Phi) is 5.88. The molecule has 194 valence electrons. The van der Waals surface area contributed by atoms with E-state index in [4.69, 9.17) is 15.9 Å². The van der Waals surface area contributed by atoms with Gasteiger partial charge < -0.3 is 15.4 Å². The van der Waals surface area contributed by atoms with Crippen molar-refractivity contribution in [1.29, 1.82) is 5.41 Å².